The van der Waals surface area contributed by atoms with Gasteiger partial charge in [0.25, 0.3) is 5.91 Å². The third kappa shape index (κ3) is 2.74. The van der Waals surface area contributed by atoms with E-state index in [9.17, 15) is 18.0 Å². The molecule has 2 N–H and O–H groups in total. The number of hydrogen-bond acceptors (Lipinski definition) is 4. The van der Waals surface area contributed by atoms with Crippen LogP contribution in [0.3, 0.4) is 0 Å². The number of carbonyl (C=O) groups excluding carboxylic acids is 1. The minimum absolute atomic E-state index is 0.0296. The highest BCUT2D eigenvalue weighted by atomic mass is 32.1. The van der Waals surface area contributed by atoms with Crippen LogP contribution in [-0.4, -0.2) is 26.7 Å². The molecule has 0 saturated carbocycles. The Morgan fingerprint density at radius 2 is 2.16 bits per heavy atom. The number of thiazole rings is 1. The molecule has 9 heteroatoms. The van der Waals surface area contributed by atoms with E-state index in [1.54, 1.807) is 4.90 Å². The summed E-state index contributed by atoms with van der Waals surface area (Å²) in [5, 5.41) is 0.462. The minimum atomic E-state index is -4.47. The molecule has 4 heterocycles. The number of aromatic nitrogens is 2. The zero-order valence-corrected chi connectivity index (χ0v) is 13.7. The van der Waals surface area contributed by atoms with Crippen molar-refractivity contribution in [3.05, 3.63) is 52.3 Å². The summed E-state index contributed by atoms with van der Waals surface area (Å²) in [5.41, 5.74) is 6.04. The maximum atomic E-state index is 13.1. The highest BCUT2D eigenvalue weighted by Gasteiger charge is 2.33. The molecule has 0 aromatic carbocycles. The summed E-state index contributed by atoms with van der Waals surface area (Å²) >= 11 is 1.34. The fourth-order valence-electron chi connectivity index (χ4n) is 3.06. The number of nitrogen functional groups attached to an aromatic ring is 1. The highest BCUT2D eigenvalue weighted by molar-refractivity contribution is 7.15. The molecule has 0 aliphatic carbocycles. The second kappa shape index (κ2) is 5.48. The molecular formula is C16H13F3N4OS. The van der Waals surface area contributed by atoms with Crippen LogP contribution in [0.15, 0.2) is 30.6 Å². The normalized spacial score (nSPS) is 14.8. The second-order valence-corrected chi connectivity index (χ2v) is 6.95. The van der Waals surface area contributed by atoms with Gasteiger partial charge >= 0.3 is 6.18 Å². The summed E-state index contributed by atoms with van der Waals surface area (Å²) < 4.78 is 40.7. The number of fused-ring (bicyclic) bond motifs is 2. The highest BCUT2D eigenvalue weighted by Crippen LogP contribution is 2.33. The van der Waals surface area contributed by atoms with Crippen molar-refractivity contribution >= 4 is 27.9 Å². The number of halogens is 3. The number of hydrogen-bond donors (Lipinski definition) is 1. The lowest BCUT2D eigenvalue weighted by molar-refractivity contribution is -0.136. The van der Waals surface area contributed by atoms with Gasteiger partial charge in [0.2, 0.25) is 0 Å². The van der Waals surface area contributed by atoms with E-state index in [2.05, 4.69) is 4.98 Å². The summed E-state index contributed by atoms with van der Waals surface area (Å²) in [7, 11) is 0. The average Bonchev–Trinajstić information content (AvgIpc) is 3.13. The van der Waals surface area contributed by atoms with Crippen molar-refractivity contribution in [2.24, 2.45) is 0 Å². The third-order valence-electron chi connectivity index (χ3n) is 4.22. The SMILES string of the molecule is Nc1nc2c(s1)CN(C(=O)c1cc3c(C(F)(F)F)cccn3c1)CC2. The van der Waals surface area contributed by atoms with Gasteiger partial charge in [-0.2, -0.15) is 13.2 Å². The molecule has 0 unspecified atom stereocenters. The Labute approximate surface area is 144 Å². The molecule has 0 saturated heterocycles. The standard InChI is InChI=1S/C16H13F3N4OS/c17-16(18,19)10-2-1-4-22-7-9(6-12(10)22)14(24)23-5-3-11-13(8-23)25-15(20)21-11/h1-2,4,6-7H,3,5,8H2,(H2,20,21). The van der Waals surface area contributed by atoms with Gasteiger partial charge in [0.15, 0.2) is 5.13 Å². The second-order valence-electron chi connectivity index (χ2n) is 5.84. The maximum Gasteiger partial charge on any atom is 0.418 e. The zero-order valence-electron chi connectivity index (χ0n) is 12.9. The van der Waals surface area contributed by atoms with E-state index in [4.69, 9.17) is 5.73 Å². The molecule has 0 bridgehead atoms. The van der Waals surface area contributed by atoms with Crippen LogP contribution in [-0.2, 0) is 19.1 Å². The minimum Gasteiger partial charge on any atom is -0.375 e. The summed E-state index contributed by atoms with van der Waals surface area (Å²) in [6.07, 6.45) is -0.944. The monoisotopic (exact) mass is 366 g/mol. The Bertz CT molecular complexity index is 976. The lowest BCUT2D eigenvalue weighted by atomic mass is 10.1. The van der Waals surface area contributed by atoms with Crippen LogP contribution in [0.4, 0.5) is 18.3 Å². The average molecular weight is 366 g/mol. The van der Waals surface area contributed by atoms with Crippen LogP contribution in [0.5, 0.6) is 0 Å². The number of pyridine rings is 1. The first-order chi connectivity index (χ1) is 11.8. The lowest BCUT2D eigenvalue weighted by Gasteiger charge is -2.25. The van der Waals surface area contributed by atoms with Crippen molar-refractivity contribution in [3.8, 4) is 0 Å². The topological polar surface area (TPSA) is 63.6 Å². The van der Waals surface area contributed by atoms with Crippen molar-refractivity contribution in [2.45, 2.75) is 19.1 Å². The van der Waals surface area contributed by atoms with Gasteiger partial charge in [-0.1, -0.05) is 0 Å². The van der Waals surface area contributed by atoms with Gasteiger partial charge in [0.1, 0.15) is 0 Å². The first kappa shape index (κ1) is 15.9. The van der Waals surface area contributed by atoms with Crippen LogP contribution in [0.1, 0.15) is 26.5 Å². The van der Waals surface area contributed by atoms with E-state index in [1.165, 1.54) is 40.3 Å². The molecule has 25 heavy (non-hydrogen) atoms. The molecular weight excluding hydrogens is 353 g/mol. The predicted octanol–water partition coefficient (Wildman–Crippen LogP) is 3.20. The summed E-state index contributed by atoms with van der Waals surface area (Å²) in [5.74, 6) is -0.297. The largest absolute Gasteiger partial charge is 0.418 e. The summed E-state index contributed by atoms with van der Waals surface area (Å²) in [6, 6.07) is 3.62. The number of alkyl halides is 3. The van der Waals surface area contributed by atoms with Gasteiger partial charge in [0, 0.05) is 30.2 Å². The predicted molar refractivity (Wildman–Crippen MR) is 87.4 cm³/mol. The van der Waals surface area contributed by atoms with E-state index in [-0.39, 0.29) is 17.0 Å². The fraction of sp³-hybridized carbons (Fsp3) is 0.250. The molecule has 130 valence electrons. The van der Waals surface area contributed by atoms with Crippen LogP contribution in [0.2, 0.25) is 0 Å². The molecule has 1 aliphatic heterocycles. The Morgan fingerprint density at radius 1 is 1.36 bits per heavy atom. The van der Waals surface area contributed by atoms with E-state index in [0.717, 1.165) is 16.6 Å². The first-order valence-corrected chi connectivity index (χ1v) is 8.36. The zero-order chi connectivity index (χ0) is 17.8. The first-order valence-electron chi connectivity index (χ1n) is 7.54. The molecule has 0 radical (unpaired) electrons. The summed E-state index contributed by atoms with van der Waals surface area (Å²) in [4.78, 5) is 19.5. The number of anilines is 1. The van der Waals surface area contributed by atoms with Gasteiger partial charge in [0.05, 0.1) is 28.9 Å². The van der Waals surface area contributed by atoms with Gasteiger partial charge in [-0.05, 0) is 18.2 Å². The van der Waals surface area contributed by atoms with E-state index in [0.29, 0.717) is 24.6 Å². The van der Waals surface area contributed by atoms with Crippen LogP contribution < -0.4 is 5.73 Å². The number of amides is 1. The molecule has 5 nitrogen and oxygen atoms in total. The molecule has 3 aromatic heterocycles. The Morgan fingerprint density at radius 3 is 2.92 bits per heavy atom. The third-order valence-corrected chi connectivity index (χ3v) is 5.13. The number of nitrogens with zero attached hydrogens (tertiary/aromatic N) is 3. The molecule has 1 aliphatic rings. The van der Waals surface area contributed by atoms with Crippen LogP contribution >= 0.6 is 11.3 Å². The van der Waals surface area contributed by atoms with Crippen molar-refractivity contribution in [2.75, 3.05) is 12.3 Å². The van der Waals surface area contributed by atoms with Gasteiger partial charge in [-0.3, -0.25) is 4.79 Å². The van der Waals surface area contributed by atoms with E-state index in [1.807, 2.05) is 0 Å². The van der Waals surface area contributed by atoms with Gasteiger partial charge in [-0.15, -0.1) is 11.3 Å². The van der Waals surface area contributed by atoms with Gasteiger partial charge in [-0.25, -0.2) is 4.98 Å². The van der Waals surface area contributed by atoms with Crippen molar-refractivity contribution in [1.29, 1.82) is 0 Å². The van der Waals surface area contributed by atoms with Crippen LogP contribution in [0, 0.1) is 0 Å². The molecule has 0 atom stereocenters. The quantitative estimate of drug-likeness (QED) is 0.719. The maximum absolute atomic E-state index is 13.1. The Hall–Kier alpha value is -2.55. The van der Waals surface area contributed by atoms with E-state index < -0.39 is 11.7 Å². The lowest BCUT2D eigenvalue weighted by Crippen LogP contribution is -2.35. The van der Waals surface area contributed by atoms with Gasteiger partial charge < -0.3 is 15.0 Å². The van der Waals surface area contributed by atoms with Crippen molar-refractivity contribution in [3.63, 3.8) is 0 Å². The smallest absolute Gasteiger partial charge is 0.375 e. The van der Waals surface area contributed by atoms with E-state index >= 15 is 0 Å². The Balaban J connectivity index is 1.67. The molecule has 3 aromatic rings. The molecule has 4 rings (SSSR count). The number of nitrogens with two attached hydrogens (primary N) is 1. The fourth-order valence-corrected chi connectivity index (χ4v) is 3.96. The Kier molecular flexibility index (Phi) is 3.50. The number of carbonyl (C=O) groups is 1. The molecule has 0 fully saturated rings. The van der Waals surface area contributed by atoms with Crippen LogP contribution in [0.25, 0.3) is 5.52 Å². The molecule has 1 amide bonds. The van der Waals surface area contributed by atoms with Crippen molar-refractivity contribution in [1.82, 2.24) is 14.3 Å². The number of rotatable bonds is 1. The molecule has 0 spiro atoms. The van der Waals surface area contributed by atoms with Crippen molar-refractivity contribution < 1.29 is 18.0 Å². The summed E-state index contributed by atoms with van der Waals surface area (Å²) in [6.45, 7) is 0.842.